The quantitative estimate of drug-likeness (QED) is 0.486. The molecule has 2 fully saturated rings. The number of rotatable bonds is 1. The van der Waals surface area contributed by atoms with Crippen LogP contribution < -0.4 is 0 Å². The van der Waals surface area contributed by atoms with Crippen LogP contribution in [0.3, 0.4) is 0 Å². The van der Waals surface area contributed by atoms with E-state index in [-0.39, 0.29) is 6.04 Å². The summed E-state index contributed by atoms with van der Waals surface area (Å²) in [5.74, 6) is 1.71. The van der Waals surface area contributed by atoms with Gasteiger partial charge in [-0.05, 0) is 50.9 Å². The van der Waals surface area contributed by atoms with E-state index in [1.54, 1.807) is 12.0 Å². The molecule has 90 valence electrons. The van der Waals surface area contributed by atoms with Crippen molar-refractivity contribution in [1.29, 1.82) is 0 Å². The minimum atomic E-state index is 0.271. The lowest BCUT2D eigenvalue weighted by Gasteiger charge is -2.14. The molecule has 0 saturated heterocycles. The minimum absolute atomic E-state index is 0.271. The second-order valence-corrected chi connectivity index (χ2v) is 4.84. The first-order chi connectivity index (χ1) is 7.83. The predicted molar refractivity (Wildman–Crippen MR) is 66.7 cm³/mol. The van der Waals surface area contributed by atoms with Crippen molar-refractivity contribution in [2.45, 2.75) is 70.8 Å². The fraction of sp³-hybridized carbons (Fsp3) is 0.786. The van der Waals surface area contributed by atoms with Crippen LogP contribution in [-0.2, 0) is 4.79 Å². The molecule has 0 heterocycles. The minimum Gasteiger partial charge on any atom is -0.211 e. The molecule has 2 saturated carbocycles. The van der Waals surface area contributed by atoms with Crippen molar-refractivity contribution in [3.8, 4) is 0 Å². The van der Waals surface area contributed by atoms with Crippen LogP contribution >= 0.6 is 0 Å². The van der Waals surface area contributed by atoms with Gasteiger partial charge in [-0.2, -0.15) is 0 Å². The lowest BCUT2D eigenvalue weighted by Crippen LogP contribution is -2.08. The fourth-order valence-corrected chi connectivity index (χ4v) is 2.27. The average molecular weight is 221 g/mol. The molecule has 0 spiro atoms. The summed E-state index contributed by atoms with van der Waals surface area (Å²) in [7, 11) is 0. The van der Waals surface area contributed by atoms with Gasteiger partial charge in [0.15, 0.2) is 0 Å². The highest BCUT2D eigenvalue weighted by atomic mass is 16.1. The first kappa shape index (κ1) is 13.4. The smallest absolute Gasteiger partial charge is 0.211 e. The summed E-state index contributed by atoms with van der Waals surface area (Å²) in [5.41, 5.74) is 0. The first-order valence-corrected chi connectivity index (χ1v) is 6.53. The highest BCUT2D eigenvalue weighted by Crippen LogP contribution is 2.23. The number of isocyanates is 1. The number of aliphatic imine (C=N–C) groups is 1. The molecule has 0 aromatic heterocycles. The van der Waals surface area contributed by atoms with E-state index in [4.69, 9.17) is 0 Å². The van der Waals surface area contributed by atoms with Crippen molar-refractivity contribution in [2.24, 2.45) is 4.99 Å². The maximum atomic E-state index is 9.77. The molecule has 0 bridgehead atoms. The van der Waals surface area contributed by atoms with Crippen molar-refractivity contribution in [1.82, 2.24) is 0 Å². The summed E-state index contributed by atoms with van der Waals surface area (Å²) in [6, 6.07) is 0.271. The van der Waals surface area contributed by atoms with E-state index in [2.05, 4.69) is 18.3 Å². The van der Waals surface area contributed by atoms with Crippen molar-refractivity contribution < 1.29 is 4.79 Å². The molecular weight excluding hydrogens is 198 g/mol. The van der Waals surface area contributed by atoms with Gasteiger partial charge in [-0.15, -0.1) is 0 Å². The molecule has 16 heavy (non-hydrogen) atoms. The molecular formula is C14H23NO. The summed E-state index contributed by atoms with van der Waals surface area (Å²) in [5, 5.41) is 0. The molecule has 2 aliphatic rings. The van der Waals surface area contributed by atoms with Crippen LogP contribution in [0.4, 0.5) is 0 Å². The maximum absolute atomic E-state index is 9.77. The van der Waals surface area contributed by atoms with Gasteiger partial charge in [0.25, 0.3) is 0 Å². The first-order valence-electron chi connectivity index (χ1n) is 6.53. The molecule has 0 N–H and O–H groups in total. The number of hydrogen-bond acceptors (Lipinski definition) is 2. The lowest BCUT2D eigenvalue weighted by molar-refractivity contribution is 0.498. The van der Waals surface area contributed by atoms with E-state index in [0.29, 0.717) is 0 Å². The van der Waals surface area contributed by atoms with Crippen LogP contribution in [0.25, 0.3) is 0 Å². The van der Waals surface area contributed by atoms with Crippen molar-refractivity contribution in [3.63, 3.8) is 0 Å². The highest BCUT2D eigenvalue weighted by Gasteiger charge is 2.10. The second-order valence-electron chi connectivity index (χ2n) is 4.84. The Bertz CT molecular complexity index is 209. The van der Waals surface area contributed by atoms with Crippen LogP contribution in [0.2, 0.25) is 0 Å². The van der Waals surface area contributed by atoms with Crippen molar-refractivity contribution >= 4 is 6.08 Å². The van der Waals surface area contributed by atoms with Gasteiger partial charge in [0.05, 0.1) is 6.04 Å². The summed E-state index contributed by atoms with van der Waals surface area (Å²) in [6.45, 7) is 2.28. The van der Waals surface area contributed by atoms with Gasteiger partial charge in [0.2, 0.25) is 6.08 Å². The maximum Gasteiger partial charge on any atom is 0.235 e. The van der Waals surface area contributed by atoms with Crippen LogP contribution in [0.5, 0.6) is 0 Å². The van der Waals surface area contributed by atoms with Gasteiger partial charge in [-0.3, -0.25) is 0 Å². The Morgan fingerprint density at radius 1 is 1.19 bits per heavy atom. The summed E-state index contributed by atoms with van der Waals surface area (Å²) < 4.78 is 0. The zero-order chi connectivity index (χ0) is 11.6. The Morgan fingerprint density at radius 3 is 2.25 bits per heavy atom. The molecule has 2 heteroatoms. The standard InChI is InChI=1S/C7H10NO.C7H13/c9-6-8-7-4-2-1-3-5-7;1-7-5-3-2-4-6-7/h1,7H,2-5H2;2-6H2,1H3. The van der Waals surface area contributed by atoms with E-state index < -0.39 is 0 Å². The van der Waals surface area contributed by atoms with Crippen LogP contribution in [0.15, 0.2) is 4.99 Å². The fourth-order valence-electron chi connectivity index (χ4n) is 2.27. The average Bonchev–Trinajstić information content (AvgIpc) is 2.33. The number of carbonyl (C=O) groups excluding carboxylic acids is 1. The van der Waals surface area contributed by atoms with Crippen molar-refractivity contribution in [2.75, 3.05) is 0 Å². The van der Waals surface area contributed by atoms with Crippen LogP contribution in [0, 0.1) is 12.3 Å². The third-order valence-electron chi connectivity index (χ3n) is 3.35. The zero-order valence-electron chi connectivity index (χ0n) is 10.4. The Morgan fingerprint density at radius 2 is 1.81 bits per heavy atom. The highest BCUT2D eigenvalue weighted by molar-refractivity contribution is 5.33. The van der Waals surface area contributed by atoms with Gasteiger partial charge >= 0.3 is 0 Å². The Kier molecular flexibility index (Phi) is 7.16. The Balaban J connectivity index is 0.000000165. The van der Waals surface area contributed by atoms with Crippen LogP contribution in [0.1, 0.15) is 64.7 Å². The second kappa shape index (κ2) is 8.52. The third kappa shape index (κ3) is 6.07. The summed E-state index contributed by atoms with van der Waals surface area (Å²) in [4.78, 5) is 13.4. The van der Waals surface area contributed by atoms with Gasteiger partial charge in [0.1, 0.15) is 0 Å². The number of hydrogen-bond donors (Lipinski definition) is 0. The predicted octanol–water partition coefficient (Wildman–Crippen LogP) is 4.01. The largest absolute Gasteiger partial charge is 0.235 e. The van der Waals surface area contributed by atoms with Crippen molar-refractivity contribution in [3.05, 3.63) is 12.3 Å². The lowest BCUT2D eigenvalue weighted by atomic mass is 9.91. The SMILES string of the molecule is C[C]1CCCCC1.O=C=NC1CC[CH]CC1. The van der Waals surface area contributed by atoms with E-state index in [9.17, 15) is 4.79 Å². The molecule has 0 atom stereocenters. The van der Waals surface area contributed by atoms with Gasteiger partial charge < -0.3 is 0 Å². The van der Waals surface area contributed by atoms with Crippen LogP contribution in [-0.4, -0.2) is 12.1 Å². The Hall–Kier alpha value is -0.620. The molecule has 0 amide bonds. The summed E-state index contributed by atoms with van der Waals surface area (Å²) >= 11 is 0. The Labute approximate surface area is 99.5 Å². The third-order valence-corrected chi connectivity index (χ3v) is 3.35. The molecule has 2 aliphatic carbocycles. The topological polar surface area (TPSA) is 29.4 Å². The number of nitrogens with zero attached hydrogens (tertiary/aromatic N) is 1. The molecule has 0 aromatic carbocycles. The van der Waals surface area contributed by atoms with E-state index >= 15 is 0 Å². The molecule has 2 rings (SSSR count). The molecule has 0 aliphatic heterocycles. The zero-order valence-corrected chi connectivity index (χ0v) is 10.4. The summed E-state index contributed by atoms with van der Waals surface area (Å²) in [6.07, 6.45) is 15.3. The molecule has 0 unspecified atom stereocenters. The molecule has 0 aromatic rings. The van der Waals surface area contributed by atoms with Gasteiger partial charge in [-0.25, -0.2) is 9.79 Å². The normalized spacial score (nSPS) is 22.8. The monoisotopic (exact) mass is 221 g/mol. The van der Waals surface area contributed by atoms with Gasteiger partial charge in [0, 0.05) is 0 Å². The molecule has 2 nitrogen and oxygen atoms in total. The van der Waals surface area contributed by atoms with E-state index in [1.165, 1.54) is 32.1 Å². The van der Waals surface area contributed by atoms with Gasteiger partial charge in [-0.1, -0.05) is 26.2 Å². The van der Waals surface area contributed by atoms with E-state index in [0.717, 1.165) is 25.7 Å². The molecule has 2 radical (unpaired) electrons. The van der Waals surface area contributed by atoms with E-state index in [1.807, 2.05) is 0 Å².